The van der Waals surface area contributed by atoms with Gasteiger partial charge in [0.05, 0.1) is 0 Å². The van der Waals surface area contributed by atoms with Crippen molar-refractivity contribution in [2.45, 2.75) is 52.2 Å². The van der Waals surface area contributed by atoms with E-state index < -0.39 is 23.7 Å². The molecule has 5 nitrogen and oxygen atoms in total. The summed E-state index contributed by atoms with van der Waals surface area (Å²) in [6, 6.07) is -0.741. The van der Waals surface area contributed by atoms with Gasteiger partial charge >= 0.3 is 12.1 Å². The van der Waals surface area contributed by atoms with Crippen LogP contribution < -0.4 is 0 Å². The van der Waals surface area contributed by atoms with E-state index in [2.05, 4.69) is 0 Å². The van der Waals surface area contributed by atoms with E-state index in [1.165, 1.54) is 4.90 Å². The Kier molecular flexibility index (Phi) is 4.01. The molecular formula is C12H21NO4. The van der Waals surface area contributed by atoms with E-state index in [4.69, 9.17) is 4.74 Å². The van der Waals surface area contributed by atoms with E-state index in [1.54, 1.807) is 20.8 Å². The molecule has 0 radical (unpaired) electrons. The van der Waals surface area contributed by atoms with Gasteiger partial charge in [0.1, 0.15) is 11.6 Å². The second-order valence-electron chi connectivity index (χ2n) is 5.41. The molecule has 5 heteroatoms. The number of aliphatic carboxylic acids is 1. The van der Waals surface area contributed by atoms with Gasteiger partial charge in [0.2, 0.25) is 0 Å². The number of carboxylic acid groups (broad SMARTS) is 1. The first kappa shape index (κ1) is 13.8. The maximum absolute atomic E-state index is 11.9. The molecule has 98 valence electrons. The molecule has 17 heavy (non-hydrogen) atoms. The zero-order valence-corrected chi connectivity index (χ0v) is 10.9. The van der Waals surface area contributed by atoms with Crippen LogP contribution in [0.2, 0.25) is 0 Å². The topological polar surface area (TPSA) is 66.8 Å². The van der Waals surface area contributed by atoms with Gasteiger partial charge in [0.15, 0.2) is 0 Å². The molecule has 1 amide bonds. The van der Waals surface area contributed by atoms with E-state index >= 15 is 0 Å². The van der Waals surface area contributed by atoms with Crippen molar-refractivity contribution < 1.29 is 19.4 Å². The lowest BCUT2D eigenvalue weighted by Crippen LogP contribution is -2.45. The highest BCUT2D eigenvalue weighted by Gasteiger charge is 2.42. The van der Waals surface area contributed by atoms with Crippen LogP contribution in [0, 0.1) is 5.92 Å². The summed E-state index contributed by atoms with van der Waals surface area (Å²) >= 11 is 0. The molecule has 1 heterocycles. The van der Waals surface area contributed by atoms with Gasteiger partial charge in [-0.15, -0.1) is 0 Å². The van der Waals surface area contributed by atoms with E-state index in [9.17, 15) is 14.7 Å². The number of carbonyl (C=O) groups excluding carboxylic acids is 1. The predicted octanol–water partition coefficient (Wildman–Crippen LogP) is 2.11. The summed E-state index contributed by atoms with van der Waals surface area (Å²) in [5, 5.41) is 9.18. The molecule has 0 aromatic rings. The normalized spacial score (nSPS) is 24.8. The number of carboxylic acids is 1. The molecule has 0 aromatic carbocycles. The van der Waals surface area contributed by atoms with Gasteiger partial charge in [0.25, 0.3) is 0 Å². The fourth-order valence-corrected chi connectivity index (χ4v) is 2.14. The first-order valence-corrected chi connectivity index (χ1v) is 5.98. The van der Waals surface area contributed by atoms with Crippen LogP contribution in [-0.2, 0) is 9.53 Å². The maximum atomic E-state index is 11.9. The van der Waals surface area contributed by atoms with Crippen LogP contribution in [0.4, 0.5) is 4.79 Å². The highest BCUT2D eigenvalue weighted by molar-refractivity contribution is 5.81. The zero-order valence-electron chi connectivity index (χ0n) is 10.9. The third-order valence-electron chi connectivity index (χ3n) is 2.93. The van der Waals surface area contributed by atoms with E-state index in [1.807, 2.05) is 6.92 Å². The van der Waals surface area contributed by atoms with Gasteiger partial charge in [-0.1, -0.05) is 13.3 Å². The molecule has 1 saturated heterocycles. The molecular weight excluding hydrogens is 222 g/mol. The maximum Gasteiger partial charge on any atom is 0.411 e. The van der Waals surface area contributed by atoms with Crippen molar-refractivity contribution in [3.8, 4) is 0 Å². The Morgan fingerprint density at radius 3 is 2.41 bits per heavy atom. The van der Waals surface area contributed by atoms with E-state index in [-0.39, 0.29) is 5.92 Å². The number of nitrogens with zero attached hydrogens (tertiary/aromatic N) is 1. The SMILES string of the molecule is CC[C@H]1CCN(C(=O)OC(C)(C)C)C1C(=O)O. The number of carbonyl (C=O) groups is 2. The minimum Gasteiger partial charge on any atom is -0.480 e. The van der Waals surface area contributed by atoms with Crippen LogP contribution in [0.15, 0.2) is 0 Å². The third-order valence-corrected chi connectivity index (χ3v) is 2.93. The summed E-state index contributed by atoms with van der Waals surface area (Å²) in [4.78, 5) is 24.4. The van der Waals surface area contributed by atoms with Crippen LogP contribution in [0.25, 0.3) is 0 Å². The molecule has 0 aromatic heterocycles. The Morgan fingerprint density at radius 2 is 2.00 bits per heavy atom. The van der Waals surface area contributed by atoms with Crippen LogP contribution in [0.5, 0.6) is 0 Å². The van der Waals surface area contributed by atoms with Crippen molar-refractivity contribution in [1.82, 2.24) is 4.90 Å². The quantitative estimate of drug-likeness (QED) is 0.806. The lowest BCUT2D eigenvalue weighted by Gasteiger charge is -2.28. The monoisotopic (exact) mass is 243 g/mol. The summed E-state index contributed by atoms with van der Waals surface area (Å²) in [7, 11) is 0. The molecule has 1 aliphatic heterocycles. The van der Waals surface area contributed by atoms with Gasteiger partial charge < -0.3 is 9.84 Å². The largest absolute Gasteiger partial charge is 0.480 e. The molecule has 1 N–H and O–H groups in total. The Hall–Kier alpha value is -1.26. The fraction of sp³-hybridized carbons (Fsp3) is 0.833. The fourth-order valence-electron chi connectivity index (χ4n) is 2.14. The first-order chi connectivity index (χ1) is 7.76. The predicted molar refractivity (Wildman–Crippen MR) is 62.8 cm³/mol. The minimum atomic E-state index is -0.944. The standard InChI is InChI=1S/C12H21NO4/c1-5-8-6-7-13(9(8)10(14)15)11(16)17-12(2,3)4/h8-9H,5-7H2,1-4H3,(H,14,15)/t8-,9?/m0/s1. The van der Waals surface area contributed by atoms with Crippen molar-refractivity contribution in [1.29, 1.82) is 0 Å². The Bertz CT molecular complexity index is 308. The molecule has 1 fully saturated rings. The molecule has 1 rings (SSSR count). The highest BCUT2D eigenvalue weighted by Crippen LogP contribution is 2.28. The third kappa shape index (κ3) is 3.35. The lowest BCUT2D eigenvalue weighted by atomic mass is 9.98. The zero-order chi connectivity index (χ0) is 13.2. The smallest absolute Gasteiger partial charge is 0.411 e. The first-order valence-electron chi connectivity index (χ1n) is 5.98. The molecule has 0 saturated carbocycles. The van der Waals surface area contributed by atoms with E-state index in [0.717, 1.165) is 12.8 Å². The number of amides is 1. The van der Waals surface area contributed by atoms with Crippen molar-refractivity contribution in [3.63, 3.8) is 0 Å². The lowest BCUT2D eigenvalue weighted by molar-refractivity contribution is -0.143. The summed E-state index contributed by atoms with van der Waals surface area (Å²) in [5.74, 6) is -0.916. The second kappa shape index (κ2) is 4.94. The number of hydrogen-bond donors (Lipinski definition) is 1. The second-order valence-corrected chi connectivity index (χ2v) is 5.41. The van der Waals surface area contributed by atoms with E-state index in [0.29, 0.717) is 6.54 Å². The summed E-state index contributed by atoms with van der Waals surface area (Å²) < 4.78 is 5.22. The van der Waals surface area contributed by atoms with Crippen molar-refractivity contribution in [3.05, 3.63) is 0 Å². The molecule has 2 atom stereocenters. The average Bonchev–Trinajstić information content (AvgIpc) is 2.57. The van der Waals surface area contributed by atoms with Gasteiger partial charge in [-0.2, -0.15) is 0 Å². The van der Waals surface area contributed by atoms with Crippen LogP contribution in [0.1, 0.15) is 40.5 Å². The van der Waals surface area contributed by atoms with Gasteiger partial charge in [-0.25, -0.2) is 9.59 Å². The molecule has 0 bridgehead atoms. The number of hydrogen-bond acceptors (Lipinski definition) is 3. The summed E-state index contributed by atoms with van der Waals surface area (Å²) in [5.41, 5.74) is -0.593. The highest BCUT2D eigenvalue weighted by atomic mass is 16.6. The molecule has 0 spiro atoms. The van der Waals surface area contributed by atoms with Crippen molar-refractivity contribution >= 4 is 12.1 Å². The minimum absolute atomic E-state index is 0.0278. The summed E-state index contributed by atoms with van der Waals surface area (Å²) in [6.07, 6.45) is 0.962. The number of ether oxygens (including phenoxy) is 1. The van der Waals surface area contributed by atoms with Crippen LogP contribution >= 0.6 is 0 Å². The van der Waals surface area contributed by atoms with Gasteiger partial charge in [0, 0.05) is 6.54 Å². The van der Waals surface area contributed by atoms with Gasteiger partial charge in [-0.3, -0.25) is 4.90 Å². The van der Waals surface area contributed by atoms with Crippen molar-refractivity contribution in [2.75, 3.05) is 6.54 Å². The Morgan fingerprint density at radius 1 is 1.41 bits per heavy atom. The Labute approximate surface area is 102 Å². The number of rotatable bonds is 2. The molecule has 1 unspecified atom stereocenters. The number of likely N-dealkylation sites (tertiary alicyclic amines) is 1. The van der Waals surface area contributed by atoms with Crippen molar-refractivity contribution in [2.24, 2.45) is 5.92 Å². The molecule has 0 aliphatic carbocycles. The Balaban J connectivity index is 2.76. The van der Waals surface area contributed by atoms with Gasteiger partial charge in [-0.05, 0) is 33.1 Å². The van der Waals surface area contributed by atoms with Crippen LogP contribution in [-0.4, -0.2) is 40.3 Å². The summed E-state index contributed by atoms with van der Waals surface area (Å²) in [6.45, 7) is 7.72. The van der Waals surface area contributed by atoms with Crippen LogP contribution in [0.3, 0.4) is 0 Å². The average molecular weight is 243 g/mol. The molecule has 1 aliphatic rings.